The SMILES string of the molecule is CC(C)c1nc(C(=O)Nc2cc3cn(CCC(C)(C)O)nc3cc2-c2ccoc2)cs1. The van der Waals surface area contributed by atoms with Crippen molar-refractivity contribution in [2.75, 3.05) is 5.32 Å². The first-order valence-electron chi connectivity index (χ1n) is 10.2. The first-order chi connectivity index (χ1) is 14.7. The molecule has 0 unspecified atom stereocenters. The predicted octanol–water partition coefficient (Wildman–Crippen LogP) is 5.29. The van der Waals surface area contributed by atoms with Gasteiger partial charge in [0.05, 0.1) is 28.7 Å². The maximum atomic E-state index is 12.9. The van der Waals surface area contributed by atoms with Gasteiger partial charge in [-0.1, -0.05) is 13.8 Å². The highest BCUT2D eigenvalue weighted by Gasteiger charge is 2.18. The fourth-order valence-corrected chi connectivity index (χ4v) is 4.04. The fraction of sp³-hybridized carbons (Fsp3) is 0.348. The number of aliphatic hydroxyl groups is 1. The molecule has 0 fully saturated rings. The first kappa shape index (κ1) is 21.3. The van der Waals surface area contributed by atoms with E-state index in [4.69, 9.17) is 4.42 Å². The number of amides is 1. The van der Waals surface area contributed by atoms with Gasteiger partial charge in [-0.3, -0.25) is 9.48 Å². The number of aromatic nitrogens is 3. The standard InChI is InChI=1S/C23H26N4O3S/c1-14(2)22-25-20(13-31-22)21(28)24-19-9-16-11-27(7-6-23(3,4)29)26-18(16)10-17(19)15-5-8-30-12-15/h5,8-14,29H,6-7H2,1-4H3,(H,24,28). The van der Waals surface area contributed by atoms with E-state index in [0.717, 1.165) is 27.0 Å². The maximum absolute atomic E-state index is 12.9. The van der Waals surface area contributed by atoms with Gasteiger partial charge in [0, 0.05) is 46.2 Å². The van der Waals surface area contributed by atoms with Crippen molar-refractivity contribution in [3.63, 3.8) is 0 Å². The molecule has 4 rings (SSSR count). The summed E-state index contributed by atoms with van der Waals surface area (Å²) < 4.78 is 7.08. The van der Waals surface area contributed by atoms with Crippen molar-refractivity contribution in [1.82, 2.24) is 14.8 Å². The van der Waals surface area contributed by atoms with Crippen molar-refractivity contribution < 1.29 is 14.3 Å². The van der Waals surface area contributed by atoms with E-state index in [1.165, 1.54) is 11.3 Å². The molecule has 0 radical (unpaired) electrons. The molecule has 1 amide bonds. The third-order valence-electron chi connectivity index (χ3n) is 4.97. The predicted molar refractivity (Wildman–Crippen MR) is 123 cm³/mol. The van der Waals surface area contributed by atoms with Crippen molar-refractivity contribution in [3.05, 3.63) is 53.0 Å². The summed E-state index contributed by atoms with van der Waals surface area (Å²) in [6, 6.07) is 5.71. The van der Waals surface area contributed by atoms with E-state index >= 15 is 0 Å². The van der Waals surface area contributed by atoms with E-state index in [2.05, 4.69) is 29.2 Å². The van der Waals surface area contributed by atoms with Crippen molar-refractivity contribution in [3.8, 4) is 11.1 Å². The van der Waals surface area contributed by atoms with Crippen LogP contribution in [-0.2, 0) is 6.54 Å². The molecular formula is C23H26N4O3S. The number of carbonyl (C=O) groups excluding carboxylic acids is 1. The lowest BCUT2D eigenvalue weighted by Crippen LogP contribution is -2.21. The summed E-state index contributed by atoms with van der Waals surface area (Å²) in [4.78, 5) is 17.3. The van der Waals surface area contributed by atoms with Crippen LogP contribution in [0.4, 0.5) is 5.69 Å². The van der Waals surface area contributed by atoms with Crippen molar-refractivity contribution >= 4 is 33.8 Å². The fourth-order valence-electron chi connectivity index (χ4n) is 3.23. The minimum absolute atomic E-state index is 0.248. The van der Waals surface area contributed by atoms with E-state index in [1.54, 1.807) is 31.8 Å². The van der Waals surface area contributed by atoms with Crippen molar-refractivity contribution in [1.29, 1.82) is 0 Å². The van der Waals surface area contributed by atoms with E-state index in [-0.39, 0.29) is 11.8 Å². The Hall–Kier alpha value is -2.97. The van der Waals surface area contributed by atoms with Crippen LogP contribution in [0.2, 0.25) is 0 Å². The highest BCUT2D eigenvalue weighted by atomic mass is 32.1. The molecule has 0 atom stereocenters. The molecule has 0 spiro atoms. The lowest BCUT2D eigenvalue weighted by molar-refractivity contribution is 0.0651. The Balaban J connectivity index is 1.68. The Bertz CT molecular complexity index is 1200. The molecule has 2 N–H and O–H groups in total. The number of aryl methyl sites for hydroxylation is 1. The molecule has 3 heterocycles. The second kappa shape index (κ2) is 8.28. The lowest BCUT2D eigenvalue weighted by atomic mass is 10.0. The van der Waals surface area contributed by atoms with Crippen LogP contribution in [-0.4, -0.2) is 31.4 Å². The summed E-state index contributed by atoms with van der Waals surface area (Å²) in [5.74, 6) is 0.0285. The number of hydrogen-bond acceptors (Lipinski definition) is 6. The van der Waals surface area contributed by atoms with Crippen LogP contribution in [0, 0.1) is 0 Å². The molecule has 3 aromatic heterocycles. The first-order valence-corrected chi connectivity index (χ1v) is 11.1. The Morgan fingerprint density at radius 3 is 2.81 bits per heavy atom. The topological polar surface area (TPSA) is 93.2 Å². The van der Waals surface area contributed by atoms with Crippen LogP contribution < -0.4 is 5.32 Å². The monoisotopic (exact) mass is 438 g/mol. The molecule has 4 aromatic rings. The minimum Gasteiger partial charge on any atom is -0.472 e. The van der Waals surface area contributed by atoms with Crippen LogP contribution in [0.25, 0.3) is 22.0 Å². The molecule has 1 aromatic carbocycles. The number of hydrogen-bond donors (Lipinski definition) is 2. The van der Waals surface area contributed by atoms with E-state index in [9.17, 15) is 9.90 Å². The summed E-state index contributed by atoms with van der Waals surface area (Å²) in [6.07, 6.45) is 5.75. The van der Waals surface area contributed by atoms with Crippen LogP contribution in [0.3, 0.4) is 0 Å². The normalized spacial score (nSPS) is 12.1. The number of nitrogens with one attached hydrogen (secondary N) is 1. The van der Waals surface area contributed by atoms with Gasteiger partial charge in [0.2, 0.25) is 0 Å². The molecule has 7 nitrogen and oxygen atoms in total. The average molecular weight is 439 g/mol. The third-order valence-corrected chi connectivity index (χ3v) is 6.12. The molecule has 31 heavy (non-hydrogen) atoms. The van der Waals surface area contributed by atoms with Gasteiger partial charge in [-0.2, -0.15) is 5.10 Å². The number of anilines is 1. The molecule has 162 valence electrons. The van der Waals surface area contributed by atoms with Crippen LogP contribution in [0.15, 0.2) is 46.7 Å². The van der Waals surface area contributed by atoms with Gasteiger partial charge in [0.15, 0.2) is 0 Å². The number of benzene rings is 1. The quantitative estimate of drug-likeness (QED) is 0.409. The number of nitrogens with zero attached hydrogens (tertiary/aromatic N) is 3. The van der Waals surface area contributed by atoms with Gasteiger partial charge < -0.3 is 14.8 Å². The molecule has 8 heteroatoms. The number of rotatable bonds is 7. The summed E-state index contributed by atoms with van der Waals surface area (Å²) >= 11 is 1.49. The third kappa shape index (κ3) is 4.86. The largest absolute Gasteiger partial charge is 0.472 e. The number of thiazole rings is 1. The Labute approximate surface area is 184 Å². The van der Waals surface area contributed by atoms with Crippen LogP contribution in [0.5, 0.6) is 0 Å². The van der Waals surface area contributed by atoms with Gasteiger partial charge in [-0.05, 0) is 38.5 Å². The van der Waals surface area contributed by atoms with E-state index in [0.29, 0.717) is 24.3 Å². The molecule has 0 aliphatic carbocycles. The van der Waals surface area contributed by atoms with Crippen molar-refractivity contribution in [2.45, 2.75) is 52.2 Å². The van der Waals surface area contributed by atoms with Gasteiger partial charge in [-0.15, -0.1) is 11.3 Å². The van der Waals surface area contributed by atoms with Gasteiger partial charge >= 0.3 is 0 Å². The lowest BCUT2D eigenvalue weighted by Gasteiger charge is -2.16. The molecule has 0 aliphatic heterocycles. The maximum Gasteiger partial charge on any atom is 0.275 e. The second-order valence-corrected chi connectivity index (χ2v) is 9.49. The number of furan rings is 1. The average Bonchev–Trinajstić information content (AvgIpc) is 3.44. The smallest absolute Gasteiger partial charge is 0.275 e. The summed E-state index contributed by atoms with van der Waals surface area (Å²) in [7, 11) is 0. The molecule has 0 saturated carbocycles. The van der Waals surface area contributed by atoms with Gasteiger partial charge in [0.25, 0.3) is 5.91 Å². The summed E-state index contributed by atoms with van der Waals surface area (Å²) in [5.41, 5.74) is 2.79. The molecule has 0 saturated heterocycles. The zero-order chi connectivity index (χ0) is 22.2. The highest BCUT2D eigenvalue weighted by Crippen LogP contribution is 2.33. The Kier molecular flexibility index (Phi) is 5.68. The van der Waals surface area contributed by atoms with E-state index < -0.39 is 5.60 Å². The molecule has 0 bridgehead atoms. The number of carbonyl (C=O) groups is 1. The zero-order valence-electron chi connectivity index (χ0n) is 18.0. The number of fused-ring (bicyclic) bond motifs is 1. The minimum atomic E-state index is -0.762. The Morgan fingerprint density at radius 1 is 1.35 bits per heavy atom. The van der Waals surface area contributed by atoms with Gasteiger partial charge in [-0.25, -0.2) is 4.98 Å². The highest BCUT2D eigenvalue weighted by molar-refractivity contribution is 7.09. The molecule has 0 aliphatic rings. The summed E-state index contributed by atoms with van der Waals surface area (Å²) in [5, 5.41) is 21.3. The van der Waals surface area contributed by atoms with Crippen LogP contribution >= 0.6 is 11.3 Å². The van der Waals surface area contributed by atoms with Crippen LogP contribution in [0.1, 0.15) is 55.5 Å². The summed E-state index contributed by atoms with van der Waals surface area (Å²) in [6.45, 7) is 8.27. The van der Waals surface area contributed by atoms with Gasteiger partial charge in [0.1, 0.15) is 5.69 Å². The second-order valence-electron chi connectivity index (χ2n) is 8.60. The zero-order valence-corrected chi connectivity index (χ0v) is 18.9. The van der Waals surface area contributed by atoms with E-state index in [1.807, 2.05) is 29.1 Å². The molecular weight excluding hydrogens is 412 g/mol. The Morgan fingerprint density at radius 2 is 2.16 bits per heavy atom. The van der Waals surface area contributed by atoms with Crippen molar-refractivity contribution in [2.24, 2.45) is 0 Å².